The standard InChI is InChI=1S/C8H12N4O4/c1-6-9-7(12(14)15)5-11(6)4-3-8(13)10-16-2/h5H,3-4H2,1-2H3,(H,10,13). The highest BCUT2D eigenvalue weighted by atomic mass is 16.6. The molecule has 0 saturated heterocycles. The summed E-state index contributed by atoms with van der Waals surface area (Å²) in [6.07, 6.45) is 1.47. The van der Waals surface area contributed by atoms with E-state index in [1.54, 1.807) is 11.5 Å². The van der Waals surface area contributed by atoms with Gasteiger partial charge in [-0.3, -0.25) is 9.63 Å². The minimum absolute atomic E-state index is 0.169. The SMILES string of the molecule is CONC(=O)CCn1cc([N+](=O)[O-])nc1C. The molecular weight excluding hydrogens is 216 g/mol. The average molecular weight is 228 g/mol. The van der Waals surface area contributed by atoms with Crippen molar-refractivity contribution in [3.8, 4) is 0 Å². The zero-order valence-electron chi connectivity index (χ0n) is 8.97. The van der Waals surface area contributed by atoms with Gasteiger partial charge in [0, 0.05) is 19.9 Å². The van der Waals surface area contributed by atoms with Crippen LogP contribution in [0.4, 0.5) is 5.82 Å². The molecule has 8 nitrogen and oxygen atoms in total. The van der Waals surface area contributed by atoms with E-state index in [2.05, 4.69) is 15.3 Å². The number of nitrogens with one attached hydrogen (secondary N) is 1. The molecule has 16 heavy (non-hydrogen) atoms. The third-order valence-corrected chi connectivity index (χ3v) is 1.95. The van der Waals surface area contributed by atoms with Crippen molar-refractivity contribution in [2.75, 3.05) is 7.11 Å². The van der Waals surface area contributed by atoms with E-state index in [4.69, 9.17) is 0 Å². The van der Waals surface area contributed by atoms with Crippen LogP contribution in [0.2, 0.25) is 0 Å². The summed E-state index contributed by atoms with van der Waals surface area (Å²) in [4.78, 5) is 29.1. The Morgan fingerprint density at radius 2 is 2.44 bits per heavy atom. The Labute approximate surface area is 91.3 Å². The molecular formula is C8H12N4O4. The highest BCUT2D eigenvalue weighted by Gasteiger charge is 2.15. The molecule has 0 aliphatic rings. The van der Waals surface area contributed by atoms with Crippen LogP contribution in [-0.2, 0) is 16.2 Å². The number of rotatable bonds is 5. The lowest BCUT2D eigenvalue weighted by atomic mass is 10.4. The lowest BCUT2D eigenvalue weighted by Crippen LogP contribution is -2.23. The van der Waals surface area contributed by atoms with Gasteiger partial charge in [0.15, 0.2) is 0 Å². The van der Waals surface area contributed by atoms with Gasteiger partial charge in [0.1, 0.15) is 6.20 Å². The third-order valence-electron chi connectivity index (χ3n) is 1.95. The van der Waals surface area contributed by atoms with Crippen molar-refractivity contribution < 1.29 is 14.6 Å². The second-order valence-corrected chi connectivity index (χ2v) is 3.08. The van der Waals surface area contributed by atoms with Gasteiger partial charge < -0.3 is 14.7 Å². The Balaban J connectivity index is 2.60. The Kier molecular flexibility index (Phi) is 3.95. The van der Waals surface area contributed by atoms with E-state index in [0.29, 0.717) is 12.4 Å². The van der Waals surface area contributed by atoms with Crippen LogP contribution >= 0.6 is 0 Å². The minimum atomic E-state index is -0.571. The van der Waals surface area contributed by atoms with E-state index in [0.717, 1.165) is 0 Å². The third kappa shape index (κ3) is 3.02. The number of nitro groups is 1. The maximum absolute atomic E-state index is 11.1. The number of aryl methyl sites for hydroxylation is 2. The number of hydroxylamine groups is 1. The molecule has 0 spiro atoms. The largest absolute Gasteiger partial charge is 0.381 e. The van der Waals surface area contributed by atoms with E-state index in [1.165, 1.54) is 13.3 Å². The number of aromatic nitrogens is 2. The monoisotopic (exact) mass is 228 g/mol. The van der Waals surface area contributed by atoms with Gasteiger partial charge in [-0.25, -0.2) is 5.48 Å². The molecule has 0 atom stereocenters. The molecule has 1 N–H and O–H groups in total. The molecule has 1 aromatic rings. The number of hydrogen-bond acceptors (Lipinski definition) is 5. The van der Waals surface area contributed by atoms with Crippen LogP contribution in [0.3, 0.4) is 0 Å². The lowest BCUT2D eigenvalue weighted by Gasteiger charge is -2.02. The van der Waals surface area contributed by atoms with E-state index in [-0.39, 0.29) is 18.1 Å². The first-order valence-corrected chi connectivity index (χ1v) is 4.54. The molecule has 88 valence electrons. The molecule has 1 rings (SSSR count). The Morgan fingerprint density at radius 1 is 1.75 bits per heavy atom. The summed E-state index contributed by atoms with van der Waals surface area (Å²) < 4.78 is 1.55. The van der Waals surface area contributed by atoms with Gasteiger partial charge in [0.05, 0.1) is 7.11 Å². The van der Waals surface area contributed by atoms with E-state index >= 15 is 0 Å². The Morgan fingerprint density at radius 3 is 2.94 bits per heavy atom. The van der Waals surface area contributed by atoms with Crippen LogP contribution in [0.5, 0.6) is 0 Å². The minimum Gasteiger partial charge on any atom is -0.358 e. The van der Waals surface area contributed by atoms with Crippen molar-refractivity contribution in [3.05, 3.63) is 22.1 Å². The molecule has 8 heteroatoms. The summed E-state index contributed by atoms with van der Waals surface area (Å²) in [5, 5.41) is 10.4. The van der Waals surface area contributed by atoms with E-state index < -0.39 is 4.92 Å². The number of carbonyl (C=O) groups excluding carboxylic acids is 1. The summed E-state index contributed by atoms with van der Waals surface area (Å²) in [6, 6.07) is 0. The summed E-state index contributed by atoms with van der Waals surface area (Å²) >= 11 is 0. The smallest absolute Gasteiger partial charge is 0.358 e. The van der Waals surface area contributed by atoms with Gasteiger partial charge in [0.25, 0.3) is 0 Å². The zero-order valence-corrected chi connectivity index (χ0v) is 8.97. The number of hydrogen-bond donors (Lipinski definition) is 1. The molecule has 1 amide bonds. The molecule has 0 unspecified atom stereocenters. The summed E-state index contributed by atoms with van der Waals surface area (Å²) in [7, 11) is 1.34. The second kappa shape index (κ2) is 5.21. The van der Waals surface area contributed by atoms with Crippen LogP contribution in [0.15, 0.2) is 6.20 Å². The van der Waals surface area contributed by atoms with Crippen LogP contribution in [-0.4, -0.2) is 27.5 Å². The molecule has 0 fully saturated rings. The average Bonchev–Trinajstić information content (AvgIpc) is 2.58. The number of imidazole rings is 1. The molecule has 1 heterocycles. The van der Waals surface area contributed by atoms with Crippen LogP contribution < -0.4 is 5.48 Å². The molecule has 0 bridgehead atoms. The van der Waals surface area contributed by atoms with Gasteiger partial charge >= 0.3 is 5.82 Å². The predicted octanol–water partition coefficient (Wildman–Crippen LogP) is 0.167. The van der Waals surface area contributed by atoms with Gasteiger partial charge in [0.2, 0.25) is 11.7 Å². The van der Waals surface area contributed by atoms with E-state index in [1.807, 2.05) is 0 Å². The highest BCUT2D eigenvalue weighted by Crippen LogP contribution is 2.10. The van der Waals surface area contributed by atoms with Crippen LogP contribution in [0.25, 0.3) is 0 Å². The topological polar surface area (TPSA) is 99.3 Å². The van der Waals surface area contributed by atoms with Crippen molar-refractivity contribution >= 4 is 11.7 Å². The fourth-order valence-electron chi connectivity index (χ4n) is 1.19. The first-order valence-electron chi connectivity index (χ1n) is 4.54. The lowest BCUT2D eigenvalue weighted by molar-refractivity contribution is -0.389. The van der Waals surface area contributed by atoms with Crippen molar-refractivity contribution in [2.45, 2.75) is 19.9 Å². The molecule has 0 radical (unpaired) electrons. The molecule has 0 aromatic carbocycles. The van der Waals surface area contributed by atoms with Gasteiger partial charge in [-0.1, -0.05) is 0 Å². The van der Waals surface area contributed by atoms with Gasteiger partial charge in [-0.05, 0) is 9.91 Å². The van der Waals surface area contributed by atoms with Crippen molar-refractivity contribution in [1.29, 1.82) is 0 Å². The first-order chi connectivity index (χ1) is 7.54. The molecule has 0 saturated carbocycles. The predicted molar refractivity (Wildman–Crippen MR) is 53.4 cm³/mol. The first kappa shape index (κ1) is 12.1. The Bertz CT molecular complexity index is 401. The van der Waals surface area contributed by atoms with E-state index in [9.17, 15) is 14.9 Å². The number of carbonyl (C=O) groups is 1. The molecule has 0 aliphatic heterocycles. The van der Waals surface area contributed by atoms with Gasteiger partial charge in [-0.15, -0.1) is 0 Å². The summed E-state index contributed by atoms with van der Waals surface area (Å²) in [5.41, 5.74) is 2.16. The zero-order chi connectivity index (χ0) is 12.1. The van der Waals surface area contributed by atoms with Crippen molar-refractivity contribution in [2.24, 2.45) is 0 Å². The van der Waals surface area contributed by atoms with Crippen molar-refractivity contribution in [3.63, 3.8) is 0 Å². The summed E-state index contributed by atoms with van der Waals surface area (Å²) in [5.74, 6) is -0.0141. The number of amides is 1. The Hall–Kier alpha value is -1.96. The van der Waals surface area contributed by atoms with Gasteiger partial charge in [-0.2, -0.15) is 0 Å². The molecule has 0 aliphatic carbocycles. The second-order valence-electron chi connectivity index (χ2n) is 3.08. The maximum Gasteiger partial charge on any atom is 0.381 e. The van der Waals surface area contributed by atoms with Crippen molar-refractivity contribution in [1.82, 2.24) is 15.0 Å². The van der Waals surface area contributed by atoms with Crippen LogP contribution in [0.1, 0.15) is 12.2 Å². The molecule has 1 aromatic heterocycles. The normalized spacial score (nSPS) is 10.1. The summed E-state index contributed by atoms with van der Waals surface area (Å²) in [6.45, 7) is 1.96. The fourth-order valence-corrected chi connectivity index (χ4v) is 1.19. The van der Waals surface area contributed by atoms with Crippen LogP contribution in [0, 0.1) is 17.0 Å². The quantitative estimate of drug-likeness (QED) is 0.572. The number of nitrogens with zero attached hydrogens (tertiary/aromatic N) is 3. The maximum atomic E-state index is 11.1. The highest BCUT2D eigenvalue weighted by molar-refractivity contribution is 5.74. The fraction of sp³-hybridized carbons (Fsp3) is 0.500.